The van der Waals surface area contributed by atoms with E-state index in [1.165, 1.54) is 19.3 Å². The average Bonchev–Trinajstić information content (AvgIpc) is 2.61. The molecule has 2 aliphatic rings. The van der Waals surface area contributed by atoms with Crippen molar-refractivity contribution in [2.45, 2.75) is 31.3 Å². The molecule has 3 rings (SSSR count). The quantitative estimate of drug-likeness (QED) is 0.718. The Labute approximate surface area is 84.8 Å². The highest BCUT2D eigenvalue weighted by Gasteiger charge is 2.55. The summed E-state index contributed by atoms with van der Waals surface area (Å²) < 4.78 is 0. The zero-order chi connectivity index (χ0) is 9.60. The summed E-state index contributed by atoms with van der Waals surface area (Å²) >= 11 is 0. The highest BCUT2D eigenvalue weighted by molar-refractivity contribution is 5.27. The van der Waals surface area contributed by atoms with E-state index in [2.05, 4.69) is 12.1 Å². The lowest BCUT2D eigenvalue weighted by atomic mass is 9.60. The van der Waals surface area contributed by atoms with Crippen LogP contribution in [0.25, 0.3) is 0 Å². The van der Waals surface area contributed by atoms with E-state index < -0.39 is 5.60 Å². The standard InChI is InChI=1S/C13H16O/c14-13(11-6-2-1-3-7-11)9-10-5-4-8-12(10)13/h1-3,6-7,10,12,14H,4-5,8-9H2. The van der Waals surface area contributed by atoms with E-state index in [1.54, 1.807) is 0 Å². The summed E-state index contributed by atoms with van der Waals surface area (Å²) in [7, 11) is 0. The van der Waals surface area contributed by atoms with Crippen LogP contribution < -0.4 is 0 Å². The summed E-state index contributed by atoms with van der Waals surface area (Å²) in [5, 5.41) is 10.6. The van der Waals surface area contributed by atoms with Crippen molar-refractivity contribution in [3.05, 3.63) is 35.9 Å². The maximum absolute atomic E-state index is 10.6. The van der Waals surface area contributed by atoms with E-state index in [-0.39, 0.29) is 0 Å². The Hall–Kier alpha value is -0.820. The monoisotopic (exact) mass is 188 g/mol. The summed E-state index contributed by atoms with van der Waals surface area (Å²) in [6.45, 7) is 0. The van der Waals surface area contributed by atoms with Crippen molar-refractivity contribution in [1.82, 2.24) is 0 Å². The Morgan fingerprint density at radius 2 is 1.93 bits per heavy atom. The fourth-order valence-corrected chi connectivity index (χ4v) is 3.36. The first-order valence-electron chi connectivity index (χ1n) is 5.58. The summed E-state index contributed by atoms with van der Waals surface area (Å²) in [5.74, 6) is 1.35. The van der Waals surface area contributed by atoms with Crippen LogP contribution in [0.3, 0.4) is 0 Å². The molecule has 0 radical (unpaired) electrons. The Balaban J connectivity index is 1.92. The minimum absolute atomic E-state index is 0.484. The maximum Gasteiger partial charge on any atom is 0.0930 e. The number of benzene rings is 1. The van der Waals surface area contributed by atoms with Gasteiger partial charge in [0.2, 0.25) is 0 Å². The van der Waals surface area contributed by atoms with Crippen LogP contribution >= 0.6 is 0 Å². The molecular weight excluding hydrogens is 172 g/mol. The second kappa shape index (κ2) is 2.83. The molecule has 0 aliphatic heterocycles. The van der Waals surface area contributed by atoms with Gasteiger partial charge in [-0.2, -0.15) is 0 Å². The normalized spacial score (nSPS) is 40.4. The smallest absolute Gasteiger partial charge is 0.0930 e. The molecule has 1 N–H and O–H groups in total. The van der Waals surface area contributed by atoms with Crippen molar-refractivity contribution in [2.75, 3.05) is 0 Å². The lowest BCUT2D eigenvalue weighted by molar-refractivity contribution is -0.132. The first kappa shape index (κ1) is 8.49. The number of hydrogen-bond acceptors (Lipinski definition) is 1. The zero-order valence-electron chi connectivity index (χ0n) is 8.32. The SMILES string of the molecule is OC1(c2ccccc2)CC2CCCC21. The molecule has 1 aromatic rings. The third-order valence-electron chi connectivity index (χ3n) is 4.12. The first-order chi connectivity index (χ1) is 6.81. The molecule has 74 valence electrons. The van der Waals surface area contributed by atoms with Crippen molar-refractivity contribution in [2.24, 2.45) is 11.8 Å². The van der Waals surface area contributed by atoms with Crippen molar-refractivity contribution < 1.29 is 5.11 Å². The fourth-order valence-electron chi connectivity index (χ4n) is 3.36. The van der Waals surface area contributed by atoms with Gasteiger partial charge in [-0.3, -0.25) is 0 Å². The van der Waals surface area contributed by atoms with Gasteiger partial charge in [0.05, 0.1) is 5.60 Å². The lowest BCUT2D eigenvalue weighted by Gasteiger charge is -2.49. The molecule has 0 bridgehead atoms. The van der Waals surface area contributed by atoms with E-state index in [9.17, 15) is 5.11 Å². The van der Waals surface area contributed by atoms with Gasteiger partial charge in [-0.25, -0.2) is 0 Å². The van der Waals surface area contributed by atoms with Crippen LogP contribution in [0.4, 0.5) is 0 Å². The molecule has 2 aliphatic carbocycles. The second-order valence-corrected chi connectivity index (χ2v) is 4.79. The third kappa shape index (κ3) is 0.992. The van der Waals surface area contributed by atoms with Crippen LogP contribution in [-0.2, 0) is 5.60 Å². The second-order valence-electron chi connectivity index (χ2n) is 4.79. The minimum Gasteiger partial charge on any atom is -0.385 e. The Bertz CT molecular complexity index is 332. The Morgan fingerprint density at radius 1 is 1.14 bits per heavy atom. The highest BCUT2D eigenvalue weighted by Crippen LogP contribution is 2.58. The predicted molar refractivity (Wildman–Crippen MR) is 55.8 cm³/mol. The van der Waals surface area contributed by atoms with Crippen LogP contribution in [0.2, 0.25) is 0 Å². The van der Waals surface area contributed by atoms with Gasteiger partial charge in [0.15, 0.2) is 0 Å². The van der Waals surface area contributed by atoms with Crippen LogP contribution in [0, 0.1) is 11.8 Å². The van der Waals surface area contributed by atoms with Crippen molar-refractivity contribution in [1.29, 1.82) is 0 Å². The Morgan fingerprint density at radius 3 is 2.64 bits per heavy atom. The fraction of sp³-hybridized carbons (Fsp3) is 0.538. The van der Waals surface area contributed by atoms with E-state index in [0.29, 0.717) is 5.92 Å². The van der Waals surface area contributed by atoms with E-state index in [4.69, 9.17) is 0 Å². The van der Waals surface area contributed by atoms with Gasteiger partial charge in [0, 0.05) is 0 Å². The van der Waals surface area contributed by atoms with Gasteiger partial charge in [0.25, 0.3) is 0 Å². The zero-order valence-corrected chi connectivity index (χ0v) is 8.32. The molecule has 1 heteroatoms. The number of hydrogen-bond donors (Lipinski definition) is 1. The minimum atomic E-state index is -0.484. The molecule has 3 unspecified atom stereocenters. The van der Waals surface area contributed by atoms with E-state index >= 15 is 0 Å². The number of aliphatic hydroxyl groups is 1. The van der Waals surface area contributed by atoms with E-state index in [1.807, 2.05) is 18.2 Å². The molecule has 0 heterocycles. The van der Waals surface area contributed by atoms with Gasteiger partial charge in [0.1, 0.15) is 0 Å². The van der Waals surface area contributed by atoms with Gasteiger partial charge in [-0.15, -0.1) is 0 Å². The number of rotatable bonds is 1. The van der Waals surface area contributed by atoms with Crippen LogP contribution in [0.1, 0.15) is 31.2 Å². The summed E-state index contributed by atoms with van der Waals surface area (Å²) in [5.41, 5.74) is 0.644. The van der Waals surface area contributed by atoms with E-state index in [0.717, 1.165) is 17.9 Å². The predicted octanol–water partition coefficient (Wildman–Crippen LogP) is 2.69. The highest BCUT2D eigenvalue weighted by atomic mass is 16.3. The third-order valence-corrected chi connectivity index (χ3v) is 4.12. The first-order valence-corrected chi connectivity index (χ1v) is 5.58. The summed E-state index contributed by atoms with van der Waals surface area (Å²) in [6, 6.07) is 10.2. The van der Waals surface area contributed by atoms with Crippen molar-refractivity contribution >= 4 is 0 Å². The molecule has 0 spiro atoms. The molecule has 2 saturated carbocycles. The number of fused-ring (bicyclic) bond motifs is 1. The molecule has 1 nitrogen and oxygen atoms in total. The van der Waals surface area contributed by atoms with Gasteiger partial charge < -0.3 is 5.11 Å². The summed E-state index contributed by atoms with van der Waals surface area (Å²) in [6.07, 6.45) is 4.85. The van der Waals surface area contributed by atoms with Crippen molar-refractivity contribution in [3.8, 4) is 0 Å². The molecule has 0 saturated heterocycles. The molecule has 0 amide bonds. The summed E-state index contributed by atoms with van der Waals surface area (Å²) in [4.78, 5) is 0. The van der Waals surface area contributed by atoms with Crippen LogP contribution in [0.5, 0.6) is 0 Å². The van der Waals surface area contributed by atoms with Gasteiger partial charge >= 0.3 is 0 Å². The molecule has 14 heavy (non-hydrogen) atoms. The average molecular weight is 188 g/mol. The topological polar surface area (TPSA) is 20.2 Å². The largest absolute Gasteiger partial charge is 0.385 e. The molecule has 1 aromatic carbocycles. The molecular formula is C13H16O. The molecule has 0 aromatic heterocycles. The van der Waals surface area contributed by atoms with Gasteiger partial charge in [-0.1, -0.05) is 36.8 Å². The lowest BCUT2D eigenvalue weighted by Crippen LogP contribution is -2.48. The molecule has 3 atom stereocenters. The maximum atomic E-state index is 10.6. The Kier molecular flexibility index (Phi) is 1.72. The molecule has 2 fully saturated rings. The van der Waals surface area contributed by atoms with Gasteiger partial charge in [-0.05, 0) is 36.7 Å². The van der Waals surface area contributed by atoms with Crippen LogP contribution in [0.15, 0.2) is 30.3 Å². The van der Waals surface area contributed by atoms with Crippen LogP contribution in [-0.4, -0.2) is 5.11 Å². The van der Waals surface area contributed by atoms with Crippen molar-refractivity contribution in [3.63, 3.8) is 0 Å².